The summed E-state index contributed by atoms with van der Waals surface area (Å²) in [5.74, 6) is 3.17. The number of aromatic nitrogens is 4. The summed E-state index contributed by atoms with van der Waals surface area (Å²) >= 11 is 0. The van der Waals surface area contributed by atoms with Crippen molar-refractivity contribution in [1.29, 1.82) is 0 Å². The summed E-state index contributed by atoms with van der Waals surface area (Å²) in [5.41, 5.74) is 7.44. The number of hydrogen-bond acceptors (Lipinski definition) is 4. The number of aryl methyl sites for hydroxylation is 1. The van der Waals surface area contributed by atoms with Crippen LogP contribution in [0.15, 0.2) is 152 Å². The highest BCUT2D eigenvalue weighted by Gasteiger charge is 2.26. The molecular weight excluding hydrogens is 667 g/mol. The second-order valence-corrected chi connectivity index (χ2v) is 14.6. The number of nitrogens with zero attached hydrogens (tertiary/aromatic N) is 5. The molecule has 0 N–H and O–H groups in total. The van der Waals surface area contributed by atoms with Crippen molar-refractivity contribution in [2.24, 2.45) is 6.98 Å². The molecule has 1 aliphatic heterocycles. The van der Waals surface area contributed by atoms with Crippen molar-refractivity contribution in [2.75, 3.05) is 4.90 Å². The quantitative estimate of drug-likeness (QED) is 0.136. The first-order chi connectivity index (χ1) is 27.5. The Morgan fingerprint density at radius 3 is 2.07 bits per heavy atom. The molecule has 0 saturated heterocycles. The fraction of sp³-hybridized carbons (Fsp3) is 0.106. The van der Waals surface area contributed by atoms with E-state index in [1.807, 2.05) is 91.1 Å². The topological polar surface area (TPSA) is 48.3 Å². The molecule has 0 aliphatic carbocycles. The molecule has 0 atom stereocenters. The van der Waals surface area contributed by atoms with E-state index in [1.165, 1.54) is 10.1 Å². The normalized spacial score (nSPS) is 13.8. The van der Waals surface area contributed by atoms with Crippen molar-refractivity contribution in [1.82, 2.24) is 14.1 Å². The predicted molar refractivity (Wildman–Crippen MR) is 215 cm³/mol. The molecule has 10 rings (SSSR count). The van der Waals surface area contributed by atoms with Gasteiger partial charge in [0, 0.05) is 22.7 Å². The van der Waals surface area contributed by atoms with Crippen LogP contribution in [-0.4, -0.2) is 14.1 Å². The highest BCUT2D eigenvalue weighted by Crippen LogP contribution is 2.51. The average molecular weight is 707 g/mol. The van der Waals surface area contributed by atoms with Gasteiger partial charge in [0.05, 0.1) is 50.2 Å². The van der Waals surface area contributed by atoms with Crippen molar-refractivity contribution in [3.8, 4) is 34.5 Å². The lowest BCUT2D eigenvalue weighted by Gasteiger charge is -2.28. The van der Waals surface area contributed by atoms with Crippen molar-refractivity contribution in [3.05, 3.63) is 164 Å². The Kier molecular flexibility index (Phi) is 6.43. The SMILES string of the molecule is [2H]C([2H])([2H])[n+]1[c-]n(-c2ccc3c(c2)N(c2ccc4c5ccccc5n(-c5cc(C(C)(C)C)ccn5)c4c2)c2ccccc2Oc2ccccc2O3)c2ccccc21. The Balaban J connectivity index is 1.26. The number of benzene rings is 6. The minimum Gasteiger partial charge on any atom is -0.451 e. The van der Waals surface area contributed by atoms with Crippen LogP contribution in [0.1, 0.15) is 30.4 Å². The van der Waals surface area contributed by atoms with Crippen LogP contribution in [0.25, 0.3) is 44.3 Å². The zero-order valence-corrected chi connectivity index (χ0v) is 30.0. The number of para-hydroxylation sites is 7. The molecule has 0 radical (unpaired) electrons. The maximum atomic E-state index is 8.29. The monoisotopic (exact) mass is 706 g/mol. The van der Waals surface area contributed by atoms with Crippen LogP contribution in [0.2, 0.25) is 0 Å². The van der Waals surface area contributed by atoms with E-state index in [0.29, 0.717) is 45.4 Å². The number of rotatable bonds is 3. The van der Waals surface area contributed by atoms with Gasteiger partial charge in [-0.3, -0.25) is 4.57 Å². The van der Waals surface area contributed by atoms with Crippen LogP contribution < -0.4 is 18.9 Å². The highest BCUT2D eigenvalue weighted by atomic mass is 16.5. The van der Waals surface area contributed by atoms with Crippen LogP contribution in [0.5, 0.6) is 23.0 Å². The molecule has 1 aliphatic rings. The first-order valence-electron chi connectivity index (χ1n) is 19.5. The number of imidazole rings is 1. The summed E-state index contributed by atoms with van der Waals surface area (Å²) in [7, 11) is 0. The summed E-state index contributed by atoms with van der Waals surface area (Å²) < 4.78 is 43.5. The molecule has 0 spiro atoms. The fourth-order valence-corrected chi connectivity index (χ4v) is 7.50. The molecular formula is C47H37N5O2. The average Bonchev–Trinajstić information content (AvgIpc) is 3.77. The van der Waals surface area contributed by atoms with E-state index in [9.17, 15) is 0 Å². The predicted octanol–water partition coefficient (Wildman–Crippen LogP) is 11.4. The van der Waals surface area contributed by atoms with E-state index >= 15 is 0 Å². The van der Waals surface area contributed by atoms with E-state index in [4.69, 9.17) is 18.6 Å². The minimum absolute atomic E-state index is 0.0708. The zero-order valence-electron chi connectivity index (χ0n) is 33.0. The molecule has 6 aromatic carbocycles. The van der Waals surface area contributed by atoms with Crippen molar-refractivity contribution >= 4 is 49.9 Å². The van der Waals surface area contributed by atoms with E-state index in [0.717, 1.165) is 39.0 Å². The molecule has 0 unspecified atom stereocenters. The first-order valence-corrected chi connectivity index (χ1v) is 18.0. The number of hydrogen-bond donors (Lipinski definition) is 0. The van der Waals surface area contributed by atoms with Crippen LogP contribution in [-0.2, 0) is 12.4 Å². The lowest BCUT2D eigenvalue weighted by molar-refractivity contribution is -0.649. The number of ether oxygens (including phenoxy) is 2. The van der Waals surface area contributed by atoms with Crippen molar-refractivity contribution < 1.29 is 18.2 Å². The third-order valence-electron chi connectivity index (χ3n) is 10.2. The lowest BCUT2D eigenvalue weighted by Crippen LogP contribution is -2.26. The summed E-state index contributed by atoms with van der Waals surface area (Å²) in [6, 6.07) is 48.0. The van der Waals surface area contributed by atoms with Gasteiger partial charge in [0.25, 0.3) is 0 Å². The molecule has 0 saturated carbocycles. The Labute approximate surface area is 317 Å². The van der Waals surface area contributed by atoms with E-state index in [2.05, 4.69) is 91.2 Å². The summed E-state index contributed by atoms with van der Waals surface area (Å²) in [5, 5.41) is 2.21. The van der Waals surface area contributed by atoms with E-state index < -0.39 is 6.98 Å². The van der Waals surface area contributed by atoms with Gasteiger partial charge >= 0.3 is 0 Å². The summed E-state index contributed by atoms with van der Waals surface area (Å²) in [6.07, 6.45) is 5.03. The van der Waals surface area contributed by atoms with Crippen molar-refractivity contribution in [3.63, 3.8) is 0 Å². The molecule has 54 heavy (non-hydrogen) atoms. The molecule has 7 nitrogen and oxygen atoms in total. The Bertz CT molecular complexity index is 3030. The number of pyridine rings is 1. The molecule has 0 bridgehead atoms. The Morgan fingerprint density at radius 2 is 1.28 bits per heavy atom. The first kappa shape index (κ1) is 28.7. The van der Waals surface area contributed by atoms with E-state index in [1.54, 1.807) is 10.6 Å². The zero-order chi connectivity index (χ0) is 39.1. The smallest absolute Gasteiger partial charge is 0.244 e. The molecule has 7 heteroatoms. The third-order valence-corrected chi connectivity index (χ3v) is 10.2. The van der Waals surface area contributed by atoms with Crippen LogP contribution >= 0.6 is 0 Å². The maximum Gasteiger partial charge on any atom is 0.244 e. The van der Waals surface area contributed by atoms with Gasteiger partial charge in [-0.2, -0.15) is 0 Å². The second kappa shape index (κ2) is 12.1. The standard InChI is InChI=1S/C47H37N5O2/c1-47(2,3)31-25-26-48-46(27-31)52-36-14-6-5-13-34(36)35-23-21-33(29-40(35)52)51-39-17-9-10-18-42(39)53-44-19-11-12-20-45(44)54-43-24-22-32(28-41(43)51)50-30-49(4)37-15-7-8-16-38(37)50/h5-29H,1-4H3/i4D3. The number of fused-ring (bicyclic) bond motifs is 7. The van der Waals surface area contributed by atoms with Gasteiger partial charge in [-0.05, 0) is 77.7 Å². The molecule has 0 amide bonds. The van der Waals surface area contributed by atoms with Gasteiger partial charge < -0.3 is 23.5 Å². The molecule has 9 aromatic rings. The van der Waals surface area contributed by atoms with Gasteiger partial charge in [0.2, 0.25) is 6.33 Å². The Hall–Kier alpha value is -6.86. The van der Waals surface area contributed by atoms with Crippen LogP contribution in [0.4, 0.5) is 17.1 Å². The van der Waals surface area contributed by atoms with Gasteiger partial charge in [0.15, 0.2) is 17.2 Å². The molecule has 3 aromatic heterocycles. The summed E-state index contributed by atoms with van der Waals surface area (Å²) in [6.45, 7) is 4.20. The summed E-state index contributed by atoms with van der Waals surface area (Å²) in [4.78, 5) is 7.07. The molecule has 0 fully saturated rings. The largest absolute Gasteiger partial charge is 0.451 e. The van der Waals surface area contributed by atoms with E-state index in [-0.39, 0.29) is 5.41 Å². The number of anilines is 3. The van der Waals surface area contributed by atoms with Gasteiger partial charge in [-0.25, -0.2) is 4.98 Å². The molecule has 262 valence electrons. The fourth-order valence-electron chi connectivity index (χ4n) is 7.50. The minimum atomic E-state index is -2.43. The van der Waals surface area contributed by atoms with Gasteiger partial charge in [-0.15, -0.1) is 0 Å². The second-order valence-electron chi connectivity index (χ2n) is 14.6. The third kappa shape index (κ3) is 5.11. The van der Waals surface area contributed by atoms with Gasteiger partial charge in [0.1, 0.15) is 11.6 Å². The van der Waals surface area contributed by atoms with Crippen molar-refractivity contribution in [2.45, 2.75) is 26.2 Å². The maximum absolute atomic E-state index is 8.29. The van der Waals surface area contributed by atoms with Gasteiger partial charge in [-0.1, -0.05) is 99.6 Å². The lowest BCUT2D eigenvalue weighted by atomic mass is 9.88. The molecule has 4 heterocycles. The van der Waals surface area contributed by atoms with Crippen LogP contribution in [0.3, 0.4) is 0 Å². The Morgan fingerprint density at radius 1 is 0.611 bits per heavy atom. The van der Waals surface area contributed by atoms with Crippen LogP contribution in [0, 0.1) is 6.33 Å². The highest BCUT2D eigenvalue weighted by molar-refractivity contribution is 6.10.